The van der Waals surface area contributed by atoms with Gasteiger partial charge in [-0.3, -0.25) is 9.78 Å². The minimum Gasteiger partial charge on any atom is -0.384 e. The van der Waals surface area contributed by atoms with Gasteiger partial charge in [-0.1, -0.05) is 0 Å². The highest BCUT2D eigenvalue weighted by atomic mass is 16.1. The Bertz CT molecular complexity index is 421. The molecule has 1 saturated heterocycles. The quantitative estimate of drug-likeness (QED) is 0.831. The molecule has 1 aromatic heterocycles. The molecule has 18 heavy (non-hydrogen) atoms. The number of nitrogens with one attached hydrogen (secondary N) is 1. The van der Waals surface area contributed by atoms with E-state index in [1.807, 2.05) is 0 Å². The first-order chi connectivity index (χ1) is 8.66. The van der Waals surface area contributed by atoms with E-state index in [-0.39, 0.29) is 0 Å². The first-order valence-corrected chi connectivity index (χ1v) is 6.33. The Kier molecular flexibility index (Phi) is 4.15. The second kappa shape index (κ2) is 5.82. The van der Waals surface area contributed by atoms with Gasteiger partial charge in [-0.25, -0.2) is 0 Å². The fourth-order valence-electron chi connectivity index (χ4n) is 2.44. The molecule has 3 N–H and O–H groups in total. The van der Waals surface area contributed by atoms with Crippen molar-refractivity contribution in [2.75, 3.05) is 32.0 Å². The minimum absolute atomic E-state index is 0.439. The predicted octanol–water partition coefficient (Wildman–Crippen LogP) is 0.934. The van der Waals surface area contributed by atoms with Gasteiger partial charge in [0.15, 0.2) is 0 Å². The number of anilines is 1. The first-order valence-electron chi connectivity index (χ1n) is 6.33. The highest BCUT2D eigenvalue weighted by Crippen LogP contribution is 2.18. The van der Waals surface area contributed by atoms with Gasteiger partial charge in [-0.05, 0) is 38.4 Å². The molecule has 2 heterocycles. The molecule has 5 nitrogen and oxygen atoms in total. The van der Waals surface area contributed by atoms with Crippen LogP contribution < -0.4 is 11.1 Å². The van der Waals surface area contributed by atoms with Gasteiger partial charge in [-0.15, -0.1) is 0 Å². The Morgan fingerprint density at radius 3 is 3.22 bits per heavy atom. The Balaban J connectivity index is 1.95. The lowest BCUT2D eigenvalue weighted by Crippen LogP contribution is -2.35. The number of aromatic nitrogens is 1. The Labute approximate surface area is 107 Å². The maximum absolute atomic E-state index is 11.3. The molecule has 0 aliphatic carbocycles. The van der Waals surface area contributed by atoms with Crippen molar-refractivity contribution in [2.45, 2.75) is 12.8 Å². The number of primary amides is 1. The molecule has 0 saturated carbocycles. The minimum atomic E-state index is -0.439. The molecule has 0 aromatic carbocycles. The van der Waals surface area contributed by atoms with Gasteiger partial charge in [0.1, 0.15) is 0 Å². The molecule has 1 aliphatic rings. The van der Waals surface area contributed by atoms with Crippen molar-refractivity contribution in [3.8, 4) is 0 Å². The van der Waals surface area contributed by atoms with E-state index >= 15 is 0 Å². The molecule has 1 aromatic rings. The van der Waals surface area contributed by atoms with E-state index in [1.54, 1.807) is 12.3 Å². The van der Waals surface area contributed by atoms with Crippen LogP contribution in [0.15, 0.2) is 18.5 Å². The van der Waals surface area contributed by atoms with Crippen molar-refractivity contribution >= 4 is 11.6 Å². The summed E-state index contributed by atoms with van der Waals surface area (Å²) in [7, 11) is 2.15. The zero-order valence-electron chi connectivity index (χ0n) is 10.7. The largest absolute Gasteiger partial charge is 0.384 e. The molecule has 1 atom stereocenters. The standard InChI is InChI=1S/C13H20N4O/c1-17-6-2-3-10(9-17)7-16-12-4-5-15-8-11(12)13(14)18/h4-5,8,10H,2-3,6-7,9H2,1H3,(H2,14,18)(H,15,16). The highest BCUT2D eigenvalue weighted by molar-refractivity contribution is 5.98. The molecule has 1 amide bonds. The van der Waals surface area contributed by atoms with Gasteiger partial charge >= 0.3 is 0 Å². The maximum Gasteiger partial charge on any atom is 0.252 e. The van der Waals surface area contributed by atoms with Crippen molar-refractivity contribution < 1.29 is 4.79 Å². The van der Waals surface area contributed by atoms with Gasteiger partial charge in [0.2, 0.25) is 0 Å². The van der Waals surface area contributed by atoms with E-state index in [4.69, 9.17) is 5.73 Å². The summed E-state index contributed by atoms with van der Waals surface area (Å²) in [6, 6.07) is 1.80. The van der Waals surface area contributed by atoms with Crippen molar-refractivity contribution in [1.29, 1.82) is 0 Å². The predicted molar refractivity (Wildman–Crippen MR) is 71.5 cm³/mol. The third-order valence-electron chi connectivity index (χ3n) is 3.39. The summed E-state index contributed by atoms with van der Waals surface area (Å²) < 4.78 is 0. The number of nitrogens with zero attached hydrogens (tertiary/aromatic N) is 2. The number of piperidine rings is 1. The van der Waals surface area contributed by atoms with E-state index in [0.717, 1.165) is 18.8 Å². The molecule has 5 heteroatoms. The second-order valence-corrected chi connectivity index (χ2v) is 4.94. The smallest absolute Gasteiger partial charge is 0.252 e. The van der Waals surface area contributed by atoms with Crippen LogP contribution in [0.3, 0.4) is 0 Å². The molecule has 1 unspecified atom stereocenters. The molecule has 2 rings (SSSR count). The molecular formula is C13H20N4O. The summed E-state index contributed by atoms with van der Waals surface area (Å²) in [5.41, 5.74) is 6.56. The zero-order valence-corrected chi connectivity index (χ0v) is 10.7. The SMILES string of the molecule is CN1CCCC(CNc2ccncc2C(N)=O)C1. The summed E-state index contributed by atoms with van der Waals surface area (Å²) in [4.78, 5) is 17.5. The summed E-state index contributed by atoms with van der Waals surface area (Å²) in [6.45, 7) is 3.15. The van der Waals surface area contributed by atoms with Crippen LogP contribution in [0.25, 0.3) is 0 Å². The van der Waals surface area contributed by atoms with Crippen LogP contribution in [0.4, 0.5) is 5.69 Å². The molecule has 1 fully saturated rings. The molecule has 0 spiro atoms. The third-order valence-corrected chi connectivity index (χ3v) is 3.39. The van der Waals surface area contributed by atoms with Gasteiger partial charge in [0.05, 0.1) is 11.3 Å². The Hall–Kier alpha value is -1.62. The van der Waals surface area contributed by atoms with E-state index in [0.29, 0.717) is 11.5 Å². The number of hydrogen-bond donors (Lipinski definition) is 2. The van der Waals surface area contributed by atoms with Gasteiger partial charge in [0, 0.05) is 25.5 Å². The molecule has 98 valence electrons. The normalized spacial score (nSPS) is 20.6. The number of pyridine rings is 1. The lowest BCUT2D eigenvalue weighted by molar-refractivity contribution is 0.100. The van der Waals surface area contributed by atoms with E-state index in [1.165, 1.54) is 25.6 Å². The number of rotatable bonds is 4. The van der Waals surface area contributed by atoms with Crippen LogP contribution >= 0.6 is 0 Å². The van der Waals surface area contributed by atoms with Gasteiger partial charge in [-0.2, -0.15) is 0 Å². The number of likely N-dealkylation sites (tertiary alicyclic amines) is 1. The summed E-state index contributed by atoms with van der Waals surface area (Å²) in [5.74, 6) is 0.184. The lowest BCUT2D eigenvalue weighted by Gasteiger charge is -2.30. The highest BCUT2D eigenvalue weighted by Gasteiger charge is 2.17. The number of amides is 1. The number of hydrogen-bond acceptors (Lipinski definition) is 4. The zero-order chi connectivity index (χ0) is 13.0. The van der Waals surface area contributed by atoms with Crippen LogP contribution in [0.5, 0.6) is 0 Å². The molecular weight excluding hydrogens is 228 g/mol. The van der Waals surface area contributed by atoms with Gasteiger partial charge in [0.25, 0.3) is 5.91 Å². The molecule has 0 radical (unpaired) electrons. The van der Waals surface area contributed by atoms with Crippen molar-refractivity contribution in [3.63, 3.8) is 0 Å². The van der Waals surface area contributed by atoms with Crippen LogP contribution in [0.1, 0.15) is 23.2 Å². The third kappa shape index (κ3) is 3.20. The number of carbonyl (C=O) groups is 1. The summed E-state index contributed by atoms with van der Waals surface area (Å²) in [6.07, 6.45) is 5.65. The number of carbonyl (C=O) groups excluding carboxylic acids is 1. The monoisotopic (exact) mass is 248 g/mol. The van der Waals surface area contributed by atoms with Crippen molar-refractivity contribution in [2.24, 2.45) is 11.7 Å². The van der Waals surface area contributed by atoms with Crippen LogP contribution in [-0.4, -0.2) is 42.5 Å². The van der Waals surface area contributed by atoms with Crippen molar-refractivity contribution in [3.05, 3.63) is 24.0 Å². The average Bonchev–Trinajstić information content (AvgIpc) is 2.37. The first kappa shape index (κ1) is 12.8. The Morgan fingerprint density at radius 1 is 1.67 bits per heavy atom. The molecule has 1 aliphatic heterocycles. The second-order valence-electron chi connectivity index (χ2n) is 4.94. The van der Waals surface area contributed by atoms with Gasteiger partial charge < -0.3 is 16.0 Å². The summed E-state index contributed by atoms with van der Waals surface area (Å²) >= 11 is 0. The van der Waals surface area contributed by atoms with Crippen LogP contribution in [-0.2, 0) is 0 Å². The fourth-order valence-corrected chi connectivity index (χ4v) is 2.44. The maximum atomic E-state index is 11.3. The van der Waals surface area contributed by atoms with E-state index < -0.39 is 5.91 Å². The van der Waals surface area contributed by atoms with E-state index in [9.17, 15) is 4.79 Å². The average molecular weight is 248 g/mol. The van der Waals surface area contributed by atoms with Crippen LogP contribution in [0, 0.1) is 5.92 Å². The molecule has 0 bridgehead atoms. The topological polar surface area (TPSA) is 71.2 Å². The lowest BCUT2D eigenvalue weighted by atomic mass is 9.98. The Morgan fingerprint density at radius 2 is 2.50 bits per heavy atom. The van der Waals surface area contributed by atoms with Crippen LogP contribution in [0.2, 0.25) is 0 Å². The fraction of sp³-hybridized carbons (Fsp3) is 0.538. The van der Waals surface area contributed by atoms with Crippen molar-refractivity contribution in [1.82, 2.24) is 9.88 Å². The summed E-state index contributed by atoms with van der Waals surface area (Å²) in [5, 5.41) is 3.32. The van der Waals surface area contributed by atoms with E-state index in [2.05, 4.69) is 22.2 Å². The number of nitrogens with two attached hydrogens (primary N) is 1.